The molecule has 0 unspecified atom stereocenters. The van der Waals surface area contributed by atoms with E-state index in [2.05, 4.69) is 74.2 Å². The van der Waals surface area contributed by atoms with E-state index >= 15 is 0 Å². The van der Waals surface area contributed by atoms with Gasteiger partial charge in [-0.3, -0.25) is 4.90 Å². The van der Waals surface area contributed by atoms with Crippen LogP contribution in [0.2, 0.25) is 5.04 Å². The van der Waals surface area contributed by atoms with Crippen LogP contribution >= 0.6 is 0 Å². The van der Waals surface area contributed by atoms with Gasteiger partial charge >= 0.3 is 0 Å². The second-order valence-corrected chi connectivity index (χ2v) is 14.5. The van der Waals surface area contributed by atoms with Crippen molar-refractivity contribution in [1.29, 1.82) is 0 Å². The monoisotopic (exact) mass is 441 g/mol. The number of hydrogen-bond acceptors (Lipinski definition) is 2. The molecule has 0 amide bonds. The van der Waals surface area contributed by atoms with Gasteiger partial charge in [-0.25, -0.2) is 0 Å². The van der Waals surface area contributed by atoms with Crippen LogP contribution in [0.25, 0.3) is 0 Å². The molecule has 166 valence electrons. The van der Waals surface area contributed by atoms with Crippen LogP contribution < -0.4 is 10.4 Å². The highest BCUT2D eigenvalue weighted by molar-refractivity contribution is 6.99. The number of hydrogen-bond donors (Lipinski definition) is 0. The molecule has 5 heteroatoms. The summed E-state index contributed by atoms with van der Waals surface area (Å²) >= 11 is 0. The zero-order valence-corrected chi connectivity index (χ0v) is 19.8. The van der Waals surface area contributed by atoms with Crippen LogP contribution in [0.1, 0.15) is 40.0 Å². The van der Waals surface area contributed by atoms with Gasteiger partial charge in [0.15, 0.2) is 0 Å². The zero-order valence-electron chi connectivity index (χ0n) is 18.8. The summed E-state index contributed by atoms with van der Waals surface area (Å²) in [5.74, 6) is -0.0898. The molecule has 31 heavy (non-hydrogen) atoms. The molecule has 2 heterocycles. The van der Waals surface area contributed by atoms with Crippen molar-refractivity contribution in [3.63, 3.8) is 0 Å². The maximum absolute atomic E-state index is 13.0. The van der Waals surface area contributed by atoms with Crippen molar-refractivity contribution in [2.24, 2.45) is 5.92 Å². The Morgan fingerprint density at radius 2 is 1.65 bits per heavy atom. The second-order valence-electron chi connectivity index (χ2n) is 10.1. The Morgan fingerprint density at radius 1 is 1.06 bits per heavy atom. The van der Waals surface area contributed by atoms with Gasteiger partial charge in [-0.05, 0) is 53.2 Å². The van der Waals surface area contributed by atoms with Gasteiger partial charge in [0.25, 0.3) is 14.4 Å². The normalized spacial score (nSPS) is 24.2. The van der Waals surface area contributed by atoms with Crippen LogP contribution in [-0.2, 0) is 4.43 Å². The summed E-state index contributed by atoms with van der Waals surface area (Å²) in [6.45, 7) is 9.12. The van der Waals surface area contributed by atoms with E-state index in [-0.39, 0.29) is 16.5 Å². The third-order valence-electron chi connectivity index (χ3n) is 7.17. The van der Waals surface area contributed by atoms with Gasteiger partial charge in [0.2, 0.25) is 0 Å². The van der Waals surface area contributed by atoms with Gasteiger partial charge in [0.05, 0.1) is 6.61 Å². The summed E-state index contributed by atoms with van der Waals surface area (Å²) in [5, 5.41) is 2.44. The molecule has 0 radical (unpaired) electrons. The Hall–Kier alpha value is -1.82. The van der Waals surface area contributed by atoms with Gasteiger partial charge in [0, 0.05) is 12.1 Å². The van der Waals surface area contributed by atoms with E-state index in [4.69, 9.17) is 4.43 Å². The van der Waals surface area contributed by atoms with E-state index in [0.717, 1.165) is 31.9 Å². The highest BCUT2D eigenvalue weighted by atomic mass is 28.4. The maximum Gasteiger partial charge on any atom is 0.266 e. The summed E-state index contributed by atoms with van der Waals surface area (Å²) < 4.78 is 33.2. The summed E-state index contributed by atoms with van der Waals surface area (Å²) in [4.78, 5) is 2.41. The molecule has 2 atom stereocenters. The molecule has 0 bridgehead atoms. The molecule has 0 saturated carbocycles. The van der Waals surface area contributed by atoms with Crippen LogP contribution in [0.3, 0.4) is 0 Å². The molecular formula is C26H33F2NOSi. The quantitative estimate of drug-likeness (QED) is 0.572. The number of nitrogens with zero attached hydrogens (tertiary/aromatic N) is 1. The average Bonchev–Trinajstić information content (AvgIpc) is 3.25. The molecule has 0 spiro atoms. The molecule has 2 aromatic carbocycles. The van der Waals surface area contributed by atoms with Crippen molar-refractivity contribution < 1.29 is 13.2 Å². The molecule has 2 fully saturated rings. The van der Waals surface area contributed by atoms with Crippen molar-refractivity contribution in [2.45, 2.75) is 50.6 Å². The Bertz CT molecular complexity index is 869. The number of rotatable bonds is 6. The van der Waals surface area contributed by atoms with Crippen molar-refractivity contribution in [3.05, 3.63) is 72.8 Å². The van der Waals surface area contributed by atoms with E-state index in [1.165, 1.54) is 10.4 Å². The first-order valence-electron chi connectivity index (χ1n) is 11.3. The molecule has 4 rings (SSSR count). The van der Waals surface area contributed by atoms with Gasteiger partial charge in [-0.1, -0.05) is 81.4 Å². The van der Waals surface area contributed by atoms with Crippen molar-refractivity contribution in [3.8, 4) is 0 Å². The van der Waals surface area contributed by atoms with Crippen LogP contribution in [0, 0.1) is 5.92 Å². The number of benzene rings is 2. The van der Waals surface area contributed by atoms with Crippen molar-refractivity contribution >= 4 is 18.7 Å². The van der Waals surface area contributed by atoms with E-state index < -0.39 is 14.4 Å². The Balaban J connectivity index is 1.73. The molecule has 0 N–H and O–H groups in total. The van der Waals surface area contributed by atoms with Gasteiger partial charge in [-0.2, -0.15) is 8.78 Å². The lowest BCUT2D eigenvalue weighted by atomic mass is 9.91. The largest absolute Gasteiger partial charge is 0.406 e. The summed E-state index contributed by atoms with van der Waals surface area (Å²) in [7, 11) is -2.63. The van der Waals surface area contributed by atoms with Gasteiger partial charge < -0.3 is 4.43 Å². The van der Waals surface area contributed by atoms with Gasteiger partial charge in [-0.15, -0.1) is 0 Å². The third kappa shape index (κ3) is 4.15. The van der Waals surface area contributed by atoms with Crippen molar-refractivity contribution in [2.75, 3.05) is 19.7 Å². The molecular weight excluding hydrogens is 408 g/mol. The van der Waals surface area contributed by atoms with E-state index in [9.17, 15) is 8.78 Å². The minimum absolute atomic E-state index is 0.0846. The summed E-state index contributed by atoms with van der Waals surface area (Å²) in [5.41, 5.74) is -0.135. The third-order valence-corrected chi connectivity index (χ3v) is 12.2. The first kappa shape index (κ1) is 22.4. The van der Waals surface area contributed by atoms with Crippen LogP contribution in [0.5, 0.6) is 0 Å². The van der Waals surface area contributed by atoms with Crippen LogP contribution in [0.15, 0.2) is 72.8 Å². The Labute approximate surface area is 186 Å². The smallest absolute Gasteiger partial charge is 0.266 e. The minimum atomic E-state index is -2.63. The van der Waals surface area contributed by atoms with Crippen LogP contribution in [0.4, 0.5) is 8.78 Å². The van der Waals surface area contributed by atoms with Crippen molar-refractivity contribution in [1.82, 2.24) is 4.90 Å². The van der Waals surface area contributed by atoms with Gasteiger partial charge in [0.1, 0.15) is 0 Å². The molecule has 2 saturated heterocycles. The first-order chi connectivity index (χ1) is 14.8. The first-order valence-corrected chi connectivity index (χ1v) is 13.2. The molecule has 2 nitrogen and oxygen atoms in total. The highest BCUT2D eigenvalue weighted by Crippen LogP contribution is 2.45. The molecule has 2 aliphatic heterocycles. The molecule has 2 aliphatic rings. The highest BCUT2D eigenvalue weighted by Gasteiger charge is 2.54. The standard InChI is InChI=1S/C26H33F2NOSi/c1-25(2,3)31(22-11-6-4-7-12-22,23-13-8-5-9-14-23)30-20-26-15-10-16-29(26)19-21(18-26)17-24(27)28/h4-9,11-14,17,21H,10,15-16,18-20H2,1-3H3/t21-,26+/m0/s1. The fraction of sp³-hybridized carbons (Fsp3) is 0.462. The lowest BCUT2D eigenvalue weighted by molar-refractivity contribution is 0.108. The number of fused-ring (bicyclic) bond motifs is 1. The minimum Gasteiger partial charge on any atom is -0.406 e. The lowest BCUT2D eigenvalue weighted by Gasteiger charge is -2.45. The second kappa shape index (κ2) is 8.61. The summed E-state index contributed by atoms with van der Waals surface area (Å²) in [6.07, 6.45) is 2.47. The Kier molecular flexibility index (Phi) is 6.21. The van der Waals surface area contributed by atoms with E-state index in [0.29, 0.717) is 13.2 Å². The predicted octanol–water partition coefficient (Wildman–Crippen LogP) is 5.20. The topological polar surface area (TPSA) is 12.5 Å². The fourth-order valence-corrected chi connectivity index (χ4v) is 10.5. The van der Waals surface area contributed by atoms with E-state index in [1.807, 2.05) is 12.1 Å². The average molecular weight is 442 g/mol. The van der Waals surface area contributed by atoms with E-state index in [1.54, 1.807) is 0 Å². The fourth-order valence-electron chi connectivity index (χ4n) is 5.86. The summed E-state index contributed by atoms with van der Waals surface area (Å²) in [6, 6.07) is 21.3. The predicted molar refractivity (Wildman–Crippen MR) is 126 cm³/mol. The lowest BCUT2D eigenvalue weighted by Crippen LogP contribution is -2.68. The zero-order chi connectivity index (χ0) is 22.1. The molecule has 2 aromatic rings. The Morgan fingerprint density at radius 3 is 2.16 bits per heavy atom. The number of halogens is 2. The molecule has 0 aromatic heterocycles. The maximum atomic E-state index is 13.0. The molecule has 0 aliphatic carbocycles. The SMILES string of the molecule is CC(C)(C)[Si](OC[C@]12CCCN1C[C@@H](C=C(F)F)C2)(c1ccccc1)c1ccccc1. The van der Waals surface area contributed by atoms with Crippen LogP contribution in [-0.4, -0.2) is 38.5 Å².